The van der Waals surface area contributed by atoms with Crippen molar-refractivity contribution in [1.82, 2.24) is 19.9 Å². The maximum Gasteiger partial charge on any atom is 0.223 e. The Balaban J connectivity index is 1.42. The van der Waals surface area contributed by atoms with Crippen molar-refractivity contribution in [2.24, 2.45) is 5.41 Å². The highest BCUT2D eigenvalue weighted by atomic mass is 15.3. The maximum atomic E-state index is 5.96. The van der Waals surface area contributed by atoms with Crippen molar-refractivity contribution >= 4 is 22.8 Å². The SMILES string of the molecule is Nc1nc(N2CCN(Cc3ccccc3)CC3(CC3)C2)c2cc[nH]c2n1. The Bertz CT molecular complexity index is 914. The molecule has 0 bridgehead atoms. The van der Waals surface area contributed by atoms with Gasteiger partial charge in [0.1, 0.15) is 11.5 Å². The molecule has 6 heteroatoms. The van der Waals surface area contributed by atoms with Crippen molar-refractivity contribution < 1.29 is 0 Å². The van der Waals surface area contributed by atoms with Crippen molar-refractivity contribution in [3.63, 3.8) is 0 Å². The predicted octanol–water partition coefficient (Wildman–Crippen LogP) is 2.64. The number of H-pyrrole nitrogens is 1. The number of aromatic nitrogens is 3. The van der Waals surface area contributed by atoms with Gasteiger partial charge in [0.15, 0.2) is 0 Å². The van der Waals surface area contributed by atoms with Crippen LogP contribution < -0.4 is 10.6 Å². The molecule has 134 valence electrons. The molecule has 1 aliphatic carbocycles. The zero-order valence-electron chi connectivity index (χ0n) is 14.9. The highest BCUT2D eigenvalue weighted by molar-refractivity contribution is 5.88. The van der Waals surface area contributed by atoms with Crippen LogP contribution in [0.3, 0.4) is 0 Å². The van der Waals surface area contributed by atoms with Crippen molar-refractivity contribution in [2.45, 2.75) is 19.4 Å². The summed E-state index contributed by atoms with van der Waals surface area (Å²) in [4.78, 5) is 17.1. The van der Waals surface area contributed by atoms with Gasteiger partial charge in [-0.3, -0.25) is 4.90 Å². The topological polar surface area (TPSA) is 74.1 Å². The van der Waals surface area contributed by atoms with E-state index >= 15 is 0 Å². The normalized spacial score (nSPS) is 19.8. The van der Waals surface area contributed by atoms with Crippen LogP contribution in [0.1, 0.15) is 18.4 Å². The van der Waals surface area contributed by atoms with Gasteiger partial charge in [-0.05, 0) is 24.5 Å². The van der Waals surface area contributed by atoms with E-state index in [-0.39, 0.29) is 0 Å². The van der Waals surface area contributed by atoms with E-state index in [1.54, 1.807) is 0 Å². The lowest BCUT2D eigenvalue weighted by atomic mass is 10.1. The Labute approximate surface area is 153 Å². The average molecular weight is 348 g/mol. The van der Waals surface area contributed by atoms with E-state index < -0.39 is 0 Å². The summed E-state index contributed by atoms with van der Waals surface area (Å²) in [6.07, 6.45) is 4.51. The molecule has 2 fully saturated rings. The molecule has 3 heterocycles. The number of anilines is 2. The van der Waals surface area contributed by atoms with Crippen LogP contribution in [0.4, 0.5) is 11.8 Å². The van der Waals surface area contributed by atoms with Gasteiger partial charge in [0.25, 0.3) is 0 Å². The number of benzene rings is 1. The molecule has 6 nitrogen and oxygen atoms in total. The van der Waals surface area contributed by atoms with Gasteiger partial charge in [-0.2, -0.15) is 9.97 Å². The van der Waals surface area contributed by atoms with Crippen LogP contribution in [-0.4, -0.2) is 46.0 Å². The molecule has 1 spiro atoms. The molecule has 2 aliphatic rings. The summed E-state index contributed by atoms with van der Waals surface area (Å²) in [7, 11) is 0. The number of hydrogen-bond donors (Lipinski definition) is 2. The van der Waals surface area contributed by atoms with E-state index in [0.29, 0.717) is 11.4 Å². The standard InChI is InChI=1S/C20H24N6/c21-19-23-17-16(6-9-22-17)18(24-19)26-11-10-25(13-20(14-26)7-8-20)12-15-4-2-1-3-5-15/h1-6,9H,7-8,10-14H2,(H3,21,22,23,24). The Kier molecular flexibility index (Phi) is 3.60. The number of nitrogen functional groups attached to an aromatic ring is 1. The Morgan fingerprint density at radius 1 is 1.04 bits per heavy atom. The first-order valence-corrected chi connectivity index (χ1v) is 9.33. The Hall–Kier alpha value is -2.60. The summed E-state index contributed by atoms with van der Waals surface area (Å²) in [5.74, 6) is 1.31. The second-order valence-electron chi connectivity index (χ2n) is 7.76. The molecule has 1 saturated carbocycles. The van der Waals surface area contributed by atoms with Gasteiger partial charge in [0.2, 0.25) is 5.95 Å². The fourth-order valence-electron chi connectivity index (χ4n) is 4.18. The molecular formula is C20H24N6. The first-order valence-electron chi connectivity index (χ1n) is 9.33. The number of nitrogens with one attached hydrogen (secondary N) is 1. The first kappa shape index (κ1) is 15.6. The van der Waals surface area contributed by atoms with E-state index in [2.05, 4.69) is 61.1 Å². The molecule has 0 radical (unpaired) electrons. The van der Waals surface area contributed by atoms with Crippen LogP contribution in [0, 0.1) is 5.41 Å². The quantitative estimate of drug-likeness (QED) is 0.761. The lowest BCUT2D eigenvalue weighted by molar-refractivity contribution is 0.240. The number of nitrogens with zero attached hydrogens (tertiary/aromatic N) is 4. The number of aromatic amines is 1. The molecule has 1 aromatic carbocycles. The molecule has 5 rings (SSSR count). The van der Waals surface area contributed by atoms with E-state index in [4.69, 9.17) is 5.73 Å². The van der Waals surface area contributed by atoms with Crippen LogP contribution >= 0.6 is 0 Å². The van der Waals surface area contributed by atoms with E-state index in [0.717, 1.165) is 49.6 Å². The Morgan fingerprint density at radius 3 is 2.69 bits per heavy atom. The summed E-state index contributed by atoms with van der Waals surface area (Å²) in [5.41, 5.74) is 8.57. The molecule has 0 unspecified atom stereocenters. The minimum absolute atomic E-state index is 0.338. The van der Waals surface area contributed by atoms with Crippen LogP contribution in [0.25, 0.3) is 11.0 Å². The lowest BCUT2D eigenvalue weighted by Crippen LogP contribution is -2.31. The minimum atomic E-state index is 0.338. The third-order valence-electron chi connectivity index (χ3n) is 5.69. The highest BCUT2D eigenvalue weighted by Crippen LogP contribution is 2.48. The number of nitrogens with two attached hydrogens (primary N) is 1. The van der Waals surface area contributed by atoms with Crippen LogP contribution in [0.5, 0.6) is 0 Å². The zero-order chi connectivity index (χ0) is 17.6. The van der Waals surface area contributed by atoms with Gasteiger partial charge < -0.3 is 15.6 Å². The van der Waals surface area contributed by atoms with Gasteiger partial charge >= 0.3 is 0 Å². The molecule has 1 aliphatic heterocycles. The fraction of sp³-hybridized carbons (Fsp3) is 0.400. The zero-order valence-corrected chi connectivity index (χ0v) is 14.9. The molecule has 26 heavy (non-hydrogen) atoms. The number of hydrogen-bond acceptors (Lipinski definition) is 5. The monoisotopic (exact) mass is 348 g/mol. The molecule has 3 N–H and O–H groups in total. The number of rotatable bonds is 3. The predicted molar refractivity (Wildman–Crippen MR) is 104 cm³/mol. The van der Waals surface area contributed by atoms with Crippen molar-refractivity contribution in [1.29, 1.82) is 0 Å². The van der Waals surface area contributed by atoms with E-state index in [9.17, 15) is 0 Å². The van der Waals surface area contributed by atoms with Gasteiger partial charge in [-0.15, -0.1) is 0 Å². The lowest BCUT2D eigenvalue weighted by Gasteiger charge is -2.25. The maximum absolute atomic E-state index is 5.96. The average Bonchev–Trinajstić information content (AvgIpc) is 3.28. The summed E-state index contributed by atoms with van der Waals surface area (Å²) < 4.78 is 0. The van der Waals surface area contributed by atoms with Gasteiger partial charge in [0, 0.05) is 44.3 Å². The smallest absolute Gasteiger partial charge is 0.223 e. The summed E-state index contributed by atoms with van der Waals surface area (Å²) in [5, 5.41) is 1.06. The molecule has 0 amide bonds. The minimum Gasteiger partial charge on any atom is -0.368 e. The Morgan fingerprint density at radius 2 is 1.88 bits per heavy atom. The molecule has 3 aromatic rings. The fourth-order valence-corrected chi connectivity index (χ4v) is 4.18. The second kappa shape index (κ2) is 5.99. The number of fused-ring (bicyclic) bond motifs is 1. The summed E-state index contributed by atoms with van der Waals surface area (Å²) in [6, 6.07) is 12.8. The second-order valence-corrected chi connectivity index (χ2v) is 7.76. The van der Waals surface area contributed by atoms with Crippen LogP contribution in [0.15, 0.2) is 42.6 Å². The van der Waals surface area contributed by atoms with E-state index in [1.807, 2.05) is 6.20 Å². The molecule has 0 atom stereocenters. The third-order valence-corrected chi connectivity index (χ3v) is 5.69. The summed E-state index contributed by atoms with van der Waals surface area (Å²) in [6.45, 7) is 5.23. The molecule has 2 aromatic heterocycles. The van der Waals surface area contributed by atoms with Gasteiger partial charge in [-0.25, -0.2) is 0 Å². The molecule has 1 saturated heterocycles. The van der Waals surface area contributed by atoms with Gasteiger partial charge in [-0.1, -0.05) is 30.3 Å². The van der Waals surface area contributed by atoms with Gasteiger partial charge in [0.05, 0.1) is 5.39 Å². The van der Waals surface area contributed by atoms with Crippen LogP contribution in [-0.2, 0) is 6.54 Å². The van der Waals surface area contributed by atoms with Crippen molar-refractivity contribution in [3.8, 4) is 0 Å². The van der Waals surface area contributed by atoms with Crippen molar-refractivity contribution in [3.05, 3.63) is 48.2 Å². The molecular weight excluding hydrogens is 324 g/mol. The largest absolute Gasteiger partial charge is 0.368 e. The summed E-state index contributed by atoms with van der Waals surface area (Å²) >= 11 is 0. The van der Waals surface area contributed by atoms with Crippen molar-refractivity contribution in [2.75, 3.05) is 36.8 Å². The van der Waals surface area contributed by atoms with E-state index in [1.165, 1.54) is 18.4 Å². The third kappa shape index (κ3) is 2.90. The van der Waals surface area contributed by atoms with Crippen LogP contribution in [0.2, 0.25) is 0 Å². The highest BCUT2D eigenvalue weighted by Gasteiger charge is 2.47. The first-order chi connectivity index (χ1) is 12.7.